The molecule has 240 valence electrons. The van der Waals surface area contributed by atoms with Crippen LogP contribution in [-0.2, 0) is 14.3 Å². The Labute approximate surface area is 263 Å². The number of nitrogens with one attached hydrogen (secondary N) is 1. The van der Waals surface area contributed by atoms with Gasteiger partial charge in [-0.15, -0.1) is 0 Å². The van der Waals surface area contributed by atoms with Crippen LogP contribution in [0.25, 0.3) is 6.08 Å². The summed E-state index contributed by atoms with van der Waals surface area (Å²) in [5.41, 5.74) is 2.27. The molecule has 0 saturated heterocycles. The summed E-state index contributed by atoms with van der Waals surface area (Å²) in [7, 11) is 1.56. The first-order chi connectivity index (χ1) is 20.6. The van der Waals surface area contributed by atoms with E-state index in [1.165, 1.54) is 5.57 Å². The molecule has 5 aliphatic carbocycles. The molecular weight excluding hydrogens is 550 g/mol. The average Bonchev–Trinajstić information content (AvgIpc) is 3.37. The van der Waals surface area contributed by atoms with Crippen molar-refractivity contribution in [3.63, 3.8) is 0 Å². The van der Waals surface area contributed by atoms with Crippen LogP contribution in [0.5, 0.6) is 0 Å². The minimum absolute atomic E-state index is 0.00876. The van der Waals surface area contributed by atoms with Gasteiger partial charge in [-0.05, 0) is 128 Å². The van der Waals surface area contributed by atoms with Crippen LogP contribution in [0.2, 0.25) is 0 Å². The van der Waals surface area contributed by atoms with E-state index in [0.717, 1.165) is 68.9 Å². The molecule has 0 amide bonds. The van der Waals surface area contributed by atoms with Gasteiger partial charge in [-0.2, -0.15) is 5.23 Å². The highest BCUT2D eigenvalue weighted by atomic mass is 16.8. The van der Waals surface area contributed by atoms with Gasteiger partial charge in [-0.25, -0.2) is 5.21 Å². The summed E-state index contributed by atoms with van der Waals surface area (Å²) < 4.78 is 5.53. The molecule has 1 aromatic rings. The van der Waals surface area contributed by atoms with Crippen LogP contribution in [0.1, 0.15) is 105 Å². The van der Waals surface area contributed by atoms with Gasteiger partial charge in [0, 0.05) is 17.5 Å². The van der Waals surface area contributed by atoms with E-state index >= 15 is 0 Å². The van der Waals surface area contributed by atoms with Gasteiger partial charge in [0.25, 0.3) is 0 Å². The standard InChI is InChI=1S/C38H53NO5/c1-23(2)27-14-17-38(33(41)44-8)19-18-36(6)28(31(27)38)12-13-30-35(5)22-25(20-24-10-9-11-26(21-24)39(42)43)32(40)34(3,4)29(35)15-16-37(30,36)7/h9-11,20-21,27-31,39,42H,1,12-19,22H2,2-8H3/t27-,28+,29-,30+,31+,35+,36-,37-,38-/m1/s1. The smallest absolute Gasteiger partial charge is 0.312 e. The normalized spacial score (nSPS) is 44.2. The fraction of sp³-hybridized carbons (Fsp3) is 0.684. The molecule has 0 bridgehead atoms. The van der Waals surface area contributed by atoms with Crippen molar-refractivity contribution in [2.24, 2.45) is 56.7 Å². The van der Waals surface area contributed by atoms with Crippen molar-refractivity contribution in [2.75, 3.05) is 7.11 Å². The molecule has 5 saturated carbocycles. The zero-order valence-corrected chi connectivity index (χ0v) is 27.9. The molecule has 6 nitrogen and oxygen atoms in total. The fourth-order valence-corrected chi connectivity index (χ4v) is 12.6. The molecule has 0 spiro atoms. The summed E-state index contributed by atoms with van der Waals surface area (Å²) in [5.74, 6) is 2.00. The lowest BCUT2D eigenvalue weighted by molar-refractivity contribution is -0.991. The number of fused-ring (bicyclic) bond motifs is 7. The van der Waals surface area contributed by atoms with Crippen LogP contribution in [0.15, 0.2) is 42.0 Å². The van der Waals surface area contributed by atoms with Crippen LogP contribution >= 0.6 is 0 Å². The number of quaternary nitrogens is 1. The van der Waals surface area contributed by atoms with Crippen LogP contribution < -0.4 is 5.23 Å². The molecule has 5 fully saturated rings. The quantitative estimate of drug-likeness (QED) is 0.161. The lowest BCUT2D eigenvalue weighted by Crippen LogP contribution is -2.99. The molecule has 1 aromatic carbocycles. The van der Waals surface area contributed by atoms with Gasteiger partial charge in [0.05, 0.1) is 12.5 Å². The molecule has 0 aromatic heterocycles. The lowest BCUT2D eigenvalue weighted by Gasteiger charge is -2.72. The maximum Gasteiger partial charge on any atom is 0.312 e. The number of ether oxygens (including phenoxy) is 1. The fourth-order valence-electron chi connectivity index (χ4n) is 12.6. The van der Waals surface area contributed by atoms with Gasteiger partial charge in [0.15, 0.2) is 11.5 Å². The van der Waals surface area contributed by atoms with Gasteiger partial charge < -0.3 is 9.94 Å². The van der Waals surface area contributed by atoms with Crippen molar-refractivity contribution in [3.8, 4) is 0 Å². The highest BCUT2D eigenvalue weighted by Gasteiger charge is 2.72. The van der Waals surface area contributed by atoms with Gasteiger partial charge >= 0.3 is 5.97 Å². The molecule has 5 aliphatic rings. The maximum absolute atomic E-state index is 14.1. The highest BCUT2D eigenvalue weighted by Crippen LogP contribution is 2.77. The third-order valence-corrected chi connectivity index (χ3v) is 14.7. The number of benzene rings is 1. The van der Waals surface area contributed by atoms with Crippen LogP contribution in [0.3, 0.4) is 0 Å². The summed E-state index contributed by atoms with van der Waals surface area (Å²) >= 11 is 0. The Morgan fingerprint density at radius 3 is 2.41 bits per heavy atom. The predicted octanol–water partition coefficient (Wildman–Crippen LogP) is 7.48. The lowest BCUT2D eigenvalue weighted by atomic mass is 9.32. The number of rotatable bonds is 4. The average molecular weight is 604 g/mol. The van der Waals surface area contributed by atoms with Crippen molar-refractivity contribution in [2.45, 2.75) is 99.3 Å². The second kappa shape index (κ2) is 10.4. The Hall–Kier alpha value is -2.28. The number of allylic oxidation sites excluding steroid dienone is 2. The Kier molecular flexibility index (Phi) is 7.47. The Morgan fingerprint density at radius 1 is 1.02 bits per heavy atom. The first kappa shape index (κ1) is 31.7. The van der Waals surface area contributed by atoms with Gasteiger partial charge in [0.2, 0.25) is 0 Å². The molecule has 6 heteroatoms. The molecule has 0 heterocycles. The van der Waals surface area contributed by atoms with Crippen molar-refractivity contribution in [1.29, 1.82) is 0 Å². The van der Waals surface area contributed by atoms with E-state index in [9.17, 15) is 20.0 Å². The summed E-state index contributed by atoms with van der Waals surface area (Å²) in [6, 6.07) is 6.94. The number of hydrogen-bond acceptors (Lipinski definition) is 5. The molecule has 1 unspecified atom stereocenters. The van der Waals surface area contributed by atoms with E-state index in [2.05, 4.69) is 48.1 Å². The highest BCUT2D eigenvalue weighted by molar-refractivity contribution is 6.04. The van der Waals surface area contributed by atoms with Gasteiger partial charge in [-0.1, -0.05) is 58.9 Å². The first-order valence-corrected chi connectivity index (χ1v) is 16.9. The van der Waals surface area contributed by atoms with Crippen molar-refractivity contribution in [3.05, 3.63) is 52.8 Å². The minimum Gasteiger partial charge on any atom is -0.595 e. The van der Waals surface area contributed by atoms with E-state index in [1.54, 1.807) is 25.3 Å². The summed E-state index contributed by atoms with van der Waals surface area (Å²) in [5, 5.41) is 20.3. The van der Waals surface area contributed by atoms with Crippen LogP contribution in [-0.4, -0.2) is 24.1 Å². The molecular formula is C38H53NO5. The topological polar surface area (TPSA) is 91.1 Å². The van der Waals surface area contributed by atoms with E-state index < -0.39 is 16.1 Å². The predicted molar refractivity (Wildman–Crippen MR) is 172 cm³/mol. The monoisotopic (exact) mass is 603 g/mol. The summed E-state index contributed by atoms with van der Waals surface area (Å²) in [4.78, 5) is 27.7. The van der Waals surface area contributed by atoms with Crippen molar-refractivity contribution in [1.82, 2.24) is 0 Å². The van der Waals surface area contributed by atoms with Crippen LogP contribution in [0, 0.1) is 61.9 Å². The van der Waals surface area contributed by atoms with Crippen LogP contribution in [0.4, 0.5) is 5.69 Å². The van der Waals surface area contributed by atoms with E-state index in [4.69, 9.17) is 4.74 Å². The number of hydrogen-bond donors (Lipinski definition) is 2. The van der Waals surface area contributed by atoms with Crippen molar-refractivity contribution >= 4 is 23.5 Å². The second-order valence-electron chi connectivity index (χ2n) is 16.7. The third kappa shape index (κ3) is 4.15. The Balaban J connectivity index is 1.41. The summed E-state index contributed by atoms with van der Waals surface area (Å²) in [6.45, 7) is 18.5. The number of carbonyl (C=O) groups excluding carboxylic acids is 2. The molecule has 44 heavy (non-hydrogen) atoms. The van der Waals surface area contributed by atoms with Gasteiger partial charge in [0.1, 0.15) is 0 Å². The summed E-state index contributed by atoms with van der Waals surface area (Å²) in [6.07, 6.45) is 10.9. The van der Waals surface area contributed by atoms with E-state index in [-0.39, 0.29) is 45.5 Å². The number of methoxy groups -OCH3 is 1. The SMILES string of the molecule is C=C(C)[C@H]1CC[C@@]2(C(=O)OC)CC[C@]3(C)[C@@H](CC[C@H]4[C@@]5(C)CC(=Cc6cccc([NH+]([O-])O)c6)C(=O)C(C)(C)[C@H]5CC[C@]43C)[C@H]12. The Bertz CT molecular complexity index is 1410. The molecule has 10 atom stereocenters. The first-order valence-electron chi connectivity index (χ1n) is 16.9. The van der Waals surface area contributed by atoms with Gasteiger partial charge in [-0.3, -0.25) is 9.59 Å². The number of esters is 1. The largest absolute Gasteiger partial charge is 0.595 e. The van der Waals surface area contributed by atoms with E-state index in [0.29, 0.717) is 17.8 Å². The number of carbonyl (C=O) groups is 2. The minimum atomic E-state index is -0.958. The maximum atomic E-state index is 14.1. The zero-order chi connectivity index (χ0) is 32.0. The number of Topliss-reactive ketones (excluding diaryl/α,β-unsaturated/α-hetero) is 1. The molecule has 0 radical (unpaired) electrons. The van der Waals surface area contributed by atoms with Crippen molar-refractivity contribution < 1.29 is 24.8 Å². The molecule has 0 aliphatic heterocycles. The van der Waals surface area contributed by atoms with E-state index in [1.807, 2.05) is 12.1 Å². The number of ketones is 1. The second-order valence-corrected chi connectivity index (χ2v) is 16.7. The zero-order valence-electron chi connectivity index (χ0n) is 27.9. The molecule has 6 rings (SSSR count). The Morgan fingerprint density at radius 2 is 1.75 bits per heavy atom. The molecule has 2 N–H and O–H groups in total. The third-order valence-electron chi connectivity index (χ3n) is 14.7.